The molecule has 0 spiro atoms. The molecule has 0 saturated carbocycles. The first kappa shape index (κ1) is 26.2. The van der Waals surface area contributed by atoms with Gasteiger partial charge in [0.1, 0.15) is 5.52 Å². The van der Waals surface area contributed by atoms with E-state index in [1.807, 2.05) is 18.4 Å². The second kappa shape index (κ2) is 11.3. The summed E-state index contributed by atoms with van der Waals surface area (Å²) in [5.41, 5.74) is 1.11. The van der Waals surface area contributed by atoms with Crippen LogP contribution in [0.3, 0.4) is 0 Å². The first-order valence-corrected chi connectivity index (χ1v) is 11.5. The van der Waals surface area contributed by atoms with Gasteiger partial charge in [0, 0.05) is 18.2 Å². The highest BCUT2D eigenvalue weighted by atomic mass is 19.4. The standard InChI is InChI=1S/C23H30F3N7O2/c1-5-32(6-2)11-7-10-27-21(34)16-8-9-17(19(12-16)35-23(24,25)26)30-22-28-13-18-20(31-22)33(14-29-18)15(3)4/h8-9,12-15H,5-7,10-11H2,1-4H3,(H,27,34)(H,28,30,31). The number of carbonyl (C=O) groups is 1. The molecule has 0 aliphatic rings. The quantitative estimate of drug-likeness (QED) is 0.379. The van der Waals surface area contributed by atoms with Gasteiger partial charge in [-0.25, -0.2) is 9.97 Å². The average Bonchev–Trinajstić information content (AvgIpc) is 3.23. The number of imidazole rings is 1. The molecule has 2 heterocycles. The van der Waals surface area contributed by atoms with Gasteiger partial charge in [0.25, 0.3) is 5.91 Å². The lowest BCUT2D eigenvalue weighted by Crippen LogP contribution is -2.30. The van der Waals surface area contributed by atoms with Crippen LogP contribution < -0.4 is 15.4 Å². The Morgan fingerprint density at radius 2 is 1.94 bits per heavy atom. The highest BCUT2D eigenvalue weighted by Gasteiger charge is 2.32. The molecule has 9 nitrogen and oxygen atoms in total. The number of fused-ring (bicyclic) bond motifs is 1. The maximum atomic E-state index is 13.1. The lowest BCUT2D eigenvalue weighted by atomic mass is 10.1. The van der Waals surface area contributed by atoms with E-state index in [4.69, 9.17) is 0 Å². The summed E-state index contributed by atoms with van der Waals surface area (Å²) in [5, 5.41) is 5.50. The Labute approximate surface area is 201 Å². The average molecular weight is 494 g/mol. The summed E-state index contributed by atoms with van der Waals surface area (Å²) in [4.78, 5) is 27.5. The van der Waals surface area contributed by atoms with Crippen LogP contribution in [0.2, 0.25) is 0 Å². The third kappa shape index (κ3) is 7.04. The van der Waals surface area contributed by atoms with E-state index in [0.29, 0.717) is 17.7 Å². The molecule has 2 aromatic heterocycles. The van der Waals surface area contributed by atoms with Crippen molar-refractivity contribution >= 4 is 28.7 Å². The molecule has 0 fully saturated rings. The van der Waals surface area contributed by atoms with Crippen molar-refractivity contribution in [1.29, 1.82) is 0 Å². The summed E-state index contributed by atoms with van der Waals surface area (Å²) in [6.07, 6.45) is -1.11. The summed E-state index contributed by atoms with van der Waals surface area (Å²) in [7, 11) is 0. The van der Waals surface area contributed by atoms with Crippen LogP contribution in [0.5, 0.6) is 5.75 Å². The minimum Gasteiger partial charge on any atom is -0.404 e. The third-order valence-corrected chi connectivity index (χ3v) is 5.42. The number of hydrogen-bond acceptors (Lipinski definition) is 7. The van der Waals surface area contributed by atoms with E-state index in [2.05, 4.69) is 49.1 Å². The molecule has 0 saturated heterocycles. The number of nitrogens with one attached hydrogen (secondary N) is 2. The second-order valence-corrected chi connectivity index (χ2v) is 8.17. The van der Waals surface area contributed by atoms with Gasteiger partial charge in [-0.1, -0.05) is 13.8 Å². The highest BCUT2D eigenvalue weighted by Crippen LogP contribution is 2.33. The van der Waals surface area contributed by atoms with E-state index >= 15 is 0 Å². The molecule has 0 aliphatic carbocycles. The van der Waals surface area contributed by atoms with Crippen molar-refractivity contribution in [3.63, 3.8) is 0 Å². The number of benzene rings is 1. The zero-order chi connectivity index (χ0) is 25.6. The summed E-state index contributed by atoms with van der Waals surface area (Å²) in [6.45, 7) is 11.1. The van der Waals surface area contributed by atoms with Crippen molar-refractivity contribution in [3.8, 4) is 5.75 Å². The topological polar surface area (TPSA) is 97.2 Å². The first-order chi connectivity index (χ1) is 16.6. The molecular weight excluding hydrogens is 463 g/mol. The number of amides is 1. The molecule has 1 amide bonds. The molecule has 0 atom stereocenters. The van der Waals surface area contributed by atoms with Crippen LogP contribution in [0.15, 0.2) is 30.7 Å². The molecule has 35 heavy (non-hydrogen) atoms. The summed E-state index contributed by atoms with van der Waals surface area (Å²) in [5.74, 6) is -0.975. The molecule has 3 aromatic rings. The van der Waals surface area contributed by atoms with Gasteiger partial charge < -0.3 is 24.8 Å². The van der Waals surface area contributed by atoms with Gasteiger partial charge in [0.2, 0.25) is 5.95 Å². The minimum absolute atomic E-state index is 0.0321. The smallest absolute Gasteiger partial charge is 0.404 e. The fourth-order valence-corrected chi connectivity index (χ4v) is 3.51. The number of alkyl halides is 3. The fraction of sp³-hybridized carbons (Fsp3) is 0.478. The van der Waals surface area contributed by atoms with E-state index in [-0.39, 0.29) is 23.2 Å². The predicted molar refractivity (Wildman–Crippen MR) is 127 cm³/mol. The van der Waals surface area contributed by atoms with E-state index in [9.17, 15) is 18.0 Å². The summed E-state index contributed by atoms with van der Waals surface area (Å²) < 4.78 is 45.3. The fourth-order valence-electron chi connectivity index (χ4n) is 3.51. The second-order valence-electron chi connectivity index (χ2n) is 8.17. The Bertz CT molecular complexity index is 1140. The maximum absolute atomic E-state index is 13.1. The van der Waals surface area contributed by atoms with Crippen molar-refractivity contribution in [1.82, 2.24) is 29.7 Å². The first-order valence-electron chi connectivity index (χ1n) is 11.5. The Morgan fingerprint density at radius 3 is 2.60 bits per heavy atom. The number of aromatic nitrogens is 4. The van der Waals surface area contributed by atoms with Crippen LogP contribution in [-0.4, -0.2) is 62.9 Å². The van der Waals surface area contributed by atoms with Crippen LogP contribution in [0.1, 0.15) is 50.5 Å². The monoisotopic (exact) mass is 493 g/mol. The van der Waals surface area contributed by atoms with Crippen LogP contribution in [0.4, 0.5) is 24.8 Å². The van der Waals surface area contributed by atoms with Gasteiger partial charge in [-0.15, -0.1) is 13.2 Å². The van der Waals surface area contributed by atoms with E-state index in [0.717, 1.165) is 32.1 Å². The third-order valence-electron chi connectivity index (χ3n) is 5.42. The lowest BCUT2D eigenvalue weighted by molar-refractivity contribution is -0.274. The van der Waals surface area contributed by atoms with E-state index < -0.39 is 18.0 Å². The largest absolute Gasteiger partial charge is 0.573 e. The van der Waals surface area contributed by atoms with Crippen molar-refractivity contribution in [3.05, 3.63) is 36.3 Å². The summed E-state index contributed by atoms with van der Waals surface area (Å²) in [6, 6.07) is 3.88. The number of anilines is 2. The zero-order valence-corrected chi connectivity index (χ0v) is 20.2. The Balaban J connectivity index is 1.78. The van der Waals surface area contributed by atoms with Gasteiger partial charge in [0.15, 0.2) is 11.4 Å². The van der Waals surface area contributed by atoms with Crippen LogP contribution in [0.25, 0.3) is 11.2 Å². The van der Waals surface area contributed by atoms with Gasteiger partial charge in [-0.05, 0) is 58.1 Å². The number of carbonyl (C=O) groups excluding carboxylic acids is 1. The van der Waals surface area contributed by atoms with Crippen LogP contribution >= 0.6 is 0 Å². The Hall–Kier alpha value is -3.41. The van der Waals surface area contributed by atoms with Crippen molar-refractivity contribution in [2.24, 2.45) is 0 Å². The van der Waals surface area contributed by atoms with Crippen molar-refractivity contribution < 1.29 is 22.7 Å². The highest BCUT2D eigenvalue weighted by molar-refractivity contribution is 5.95. The normalized spacial score (nSPS) is 11.9. The molecule has 0 radical (unpaired) electrons. The number of nitrogens with zero attached hydrogens (tertiary/aromatic N) is 5. The van der Waals surface area contributed by atoms with Crippen molar-refractivity contribution in [2.45, 2.75) is 46.5 Å². The minimum atomic E-state index is -4.95. The van der Waals surface area contributed by atoms with Crippen LogP contribution in [0, 0.1) is 0 Å². The zero-order valence-electron chi connectivity index (χ0n) is 20.2. The molecule has 1 aromatic carbocycles. The van der Waals surface area contributed by atoms with E-state index in [1.54, 1.807) is 6.33 Å². The molecule has 12 heteroatoms. The van der Waals surface area contributed by atoms with Gasteiger partial charge in [0.05, 0.1) is 18.2 Å². The maximum Gasteiger partial charge on any atom is 0.573 e. The van der Waals surface area contributed by atoms with E-state index in [1.165, 1.54) is 18.3 Å². The number of ether oxygens (including phenoxy) is 1. The van der Waals surface area contributed by atoms with Gasteiger partial charge in [-0.2, -0.15) is 4.98 Å². The van der Waals surface area contributed by atoms with Crippen LogP contribution in [-0.2, 0) is 0 Å². The number of halogens is 3. The summed E-state index contributed by atoms with van der Waals surface area (Å²) >= 11 is 0. The van der Waals surface area contributed by atoms with Crippen molar-refractivity contribution in [2.75, 3.05) is 31.5 Å². The predicted octanol–water partition coefficient (Wildman–Crippen LogP) is 4.51. The number of hydrogen-bond donors (Lipinski definition) is 2. The molecular formula is C23H30F3N7O2. The molecule has 3 rings (SSSR count). The molecule has 0 bridgehead atoms. The van der Waals surface area contributed by atoms with Gasteiger partial charge >= 0.3 is 6.36 Å². The molecule has 2 N–H and O–H groups in total. The molecule has 0 unspecified atom stereocenters. The number of rotatable bonds is 11. The van der Waals surface area contributed by atoms with Gasteiger partial charge in [-0.3, -0.25) is 4.79 Å². The SMILES string of the molecule is CCN(CC)CCCNC(=O)c1ccc(Nc2ncc3ncn(C(C)C)c3n2)c(OC(F)(F)F)c1. The Morgan fingerprint density at radius 1 is 1.20 bits per heavy atom. The lowest BCUT2D eigenvalue weighted by Gasteiger charge is -2.18. The molecule has 0 aliphatic heterocycles. The Kier molecular flexibility index (Phi) is 8.49. The molecule has 190 valence electrons.